The van der Waals surface area contributed by atoms with Gasteiger partial charge in [0.15, 0.2) is 0 Å². The minimum Gasteiger partial charge on any atom is -0.497 e. The van der Waals surface area contributed by atoms with E-state index in [2.05, 4.69) is 5.32 Å². The van der Waals surface area contributed by atoms with Gasteiger partial charge in [-0.15, -0.1) is 0 Å². The summed E-state index contributed by atoms with van der Waals surface area (Å²) in [7, 11) is 1.60. The van der Waals surface area contributed by atoms with Crippen LogP contribution in [0.15, 0.2) is 24.3 Å². The maximum absolute atomic E-state index is 12.2. The van der Waals surface area contributed by atoms with Gasteiger partial charge in [0.05, 0.1) is 13.7 Å². The molecule has 0 saturated carbocycles. The summed E-state index contributed by atoms with van der Waals surface area (Å²) in [4.78, 5) is 13.9. The minimum atomic E-state index is -0.515. The van der Waals surface area contributed by atoms with E-state index in [0.29, 0.717) is 6.54 Å². The first-order valence-corrected chi connectivity index (χ1v) is 6.06. The van der Waals surface area contributed by atoms with Crippen molar-refractivity contribution in [1.82, 2.24) is 5.32 Å². The number of carbonyl (C=O) groups is 1. The molecule has 1 atom stereocenters. The van der Waals surface area contributed by atoms with Crippen LogP contribution in [0.3, 0.4) is 0 Å². The van der Waals surface area contributed by atoms with E-state index in [1.165, 1.54) is 0 Å². The summed E-state index contributed by atoms with van der Waals surface area (Å²) in [6.45, 7) is 1.20. The molecule has 1 aliphatic rings. The fourth-order valence-corrected chi connectivity index (χ4v) is 2.08. The molecule has 1 aliphatic heterocycles. The molecular formula is C13H18N2O3. The van der Waals surface area contributed by atoms with Crippen molar-refractivity contribution in [2.45, 2.75) is 12.5 Å². The second-order valence-corrected chi connectivity index (χ2v) is 4.23. The van der Waals surface area contributed by atoms with E-state index >= 15 is 0 Å². The molecule has 1 fully saturated rings. The van der Waals surface area contributed by atoms with Crippen LogP contribution in [0, 0.1) is 0 Å². The molecule has 98 valence electrons. The number of anilines is 1. The lowest BCUT2D eigenvalue weighted by Crippen LogP contribution is -2.45. The summed E-state index contributed by atoms with van der Waals surface area (Å²) in [5, 5.41) is 12.3. The van der Waals surface area contributed by atoms with Crippen molar-refractivity contribution in [2.75, 3.05) is 31.7 Å². The fourth-order valence-electron chi connectivity index (χ4n) is 2.08. The van der Waals surface area contributed by atoms with E-state index in [4.69, 9.17) is 4.74 Å². The van der Waals surface area contributed by atoms with Crippen LogP contribution in [0.5, 0.6) is 5.75 Å². The molecule has 5 nitrogen and oxygen atoms in total. The third-order valence-corrected chi connectivity index (χ3v) is 3.06. The molecule has 0 radical (unpaired) electrons. The molecule has 1 saturated heterocycles. The van der Waals surface area contributed by atoms with Crippen molar-refractivity contribution in [1.29, 1.82) is 0 Å². The average Bonchev–Trinajstić information content (AvgIpc) is 2.60. The van der Waals surface area contributed by atoms with Crippen molar-refractivity contribution < 1.29 is 14.6 Å². The summed E-state index contributed by atoms with van der Waals surface area (Å²) in [6.07, 6.45) is 0.861. The van der Waals surface area contributed by atoms with Crippen LogP contribution >= 0.6 is 0 Å². The van der Waals surface area contributed by atoms with Gasteiger partial charge in [-0.2, -0.15) is 0 Å². The average molecular weight is 250 g/mol. The lowest BCUT2D eigenvalue weighted by molar-refractivity contribution is -0.121. The zero-order valence-electron chi connectivity index (χ0n) is 10.4. The number of benzene rings is 1. The zero-order chi connectivity index (χ0) is 13.0. The number of methoxy groups -OCH3 is 1. The van der Waals surface area contributed by atoms with Crippen LogP contribution in [-0.4, -0.2) is 43.9 Å². The standard InChI is InChI=1S/C13H18N2O3/c1-18-11-5-2-4-10(8-11)15-7-3-6-14-12(9-16)13(15)17/h2,4-5,8,12,14,16H,3,6-7,9H2,1H3. The maximum atomic E-state index is 12.2. The second-order valence-electron chi connectivity index (χ2n) is 4.23. The number of amides is 1. The van der Waals surface area contributed by atoms with Gasteiger partial charge >= 0.3 is 0 Å². The van der Waals surface area contributed by atoms with Crippen LogP contribution in [0.4, 0.5) is 5.69 Å². The van der Waals surface area contributed by atoms with Gasteiger partial charge in [0.2, 0.25) is 5.91 Å². The van der Waals surface area contributed by atoms with Crippen molar-refractivity contribution in [2.24, 2.45) is 0 Å². The third-order valence-electron chi connectivity index (χ3n) is 3.06. The molecule has 1 aromatic carbocycles. The molecule has 1 aromatic rings. The molecule has 2 N–H and O–H groups in total. The number of aliphatic hydroxyl groups excluding tert-OH is 1. The van der Waals surface area contributed by atoms with Gasteiger partial charge in [-0.25, -0.2) is 0 Å². The molecule has 0 bridgehead atoms. The molecule has 1 unspecified atom stereocenters. The molecule has 18 heavy (non-hydrogen) atoms. The number of nitrogens with zero attached hydrogens (tertiary/aromatic N) is 1. The van der Waals surface area contributed by atoms with Gasteiger partial charge in [0.1, 0.15) is 11.8 Å². The summed E-state index contributed by atoms with van der Waals surface area (Å²) in [6, 6.07) is 6.89. The SMILES string of the molecule is COc1cccc(N2CCCNC(CO)C2=O)c1. The number of aliphatic hydroxyl groups is 1. The molecule has 0 aromatic heterocycles. The molecular weight excluding hydrogens is 232 g/mol. The van der Waals surface area contributed by atoms with Crippen LogP contribution in [0.1, 0.15) is 6.42 Å². The van der Waals surface area contributed by atoms with Crippen molar-refractivity contribution in [3.05, 3.63) is 24.3 Å². The Labute approximate surface area is 106 Å². The van der Waals surface area contributed by atoms with Gasteiger partial charge < -0.3 is 20.1 Å². The van der Waals surface area contributed by atoms with E-state index in [0.717, 1.165) is 24.4 Å². The number of nitrogens with one attached hydrogen (secondary N) is 1. The van der Waals surface area contributed by atoms with Gasteiger partial charge in [-0.1, -0.05) is 6.07 Å². The van der Waals surface area contributed by atoms with E-state index in [-0.39, 0.29) is 12.5 Å². The smallest absolute Gasteiger partial charge is 0.246 e. The van der Waals surface area contributed by atoms with E-state index in [1.807, 2.05) is 24.3 Å². The number of carbonyl (C=O) groups excluding carboxylic acids is 1. The van der Waals surface area contributed by atoms with Crippen molar-refractivity contribution >= 4 is 11.6 Å². The van der Waals surface area contributed by atoms with Crippen LogP contribution in [0.2, 0.25) is 0 Å². The third kappa shape index (κ3) is 2.63. The van der Waals surface area contributed by atoms with Gasteiger partial charge in [0.25, 0.3) is 0 Å². The largest absolute Gasteiger partial charge is 0.497 e. The molecule has 1 heterocycles. The predicted molar refractivity (Wildman–Crippen MR) is 68.8 cm³/mol. The van der Waals surface area contributed by atoms with Crippen molar-refractivity contribution in [3.63, 3.8) is 0 Å². The maximum Gasteiger partial charge on any atom is 0.246 e. The predicted octanol–water partition coefficient (Wildman–Crippen LogP) is 0.382. The highest BCUT2D eigenvalue weighted by molar-refractivity contribution is 5.97. The highest BCUT2D eigenvalue weighted by Gasteiger charge is 2.27. The Balaban J connectivity index is 2.26. The fraction of sp³-hybridized carbons (Fsp3) is 0.462. The summed E-state index contributed by atoms with van der Waals surface area (Å²) < 4.78 is 5.16. The minimum absolute atomic E-state index is 0.0942. The van der Waals surface area contributed by atoms with Gasteiger partial charge in [-0.3, -0.25) is 4.79 Å². The molecule has 0 spiro atoms. The van der Waals surface area contributed by atoms with E-state index in [9.17, 15) is 9.90 Å². The number of ether oxygens (including phenoxy) is 1. The summed E-state index contributed by atoms with van der Waals surface area (Å²) in [5.41, 5.74) is 0.807. The zero-order valence-corrected chi connectivity index (χ0v) is 10.4. The Bertz CT molecular complexity index is 422. The molecule has 2 rings (SSSR count). The van der Waals surface area contributed by atoms with Crippen LogP contribution in [-0.2, 0) is 4.79 Å². The Morgan fingerprint density at radius 3 is 3.11 bits per heavy atom. The first-order valence-electron chi connectivity index (χ1n) is 6.06. The van der Waals surface area contributed by atoms with Crippen LogP contribution in [0.25, 0.3) is 0 Å². The molecule has 5 heteroatoms. The van der Waals surface area contributed by atoms with E-state index < -0.39 is 6.04 Å². The van der Waals surface area contributed by atoms with E-state index in [1.54, 1.807) is 12.0 Å². The molecule has 1 amide bonds. The number of rotatable bonds is 3. The lowest BCUT2D eigenvalue weighted by Gasteiger charge is -2.23. The summed E-state index contributed by atoms with van der Waals surface area (Å²) >= 11 is 0. The second kappa shape index (κ2) is 5.84. The van der Waals surface area contributed by atoms with Gasteiger partial charge in [0, 0.05) is 18.3 Å². The number of hydrogen-bond acceptors (Lipinski definition) is 4. The monoisotopic (exact) mass is 250 g/mol. The highest BCUT2D eigenvalue weighted by Crippen LogP contribution is 2.22. The highest BCUT2D eigenvalue weighted by atomic mass is 16.5. The number of hydrogen-bond donors (Lipinski definition) is 2. The Hall–Kier alpha value is -1.59. The molecule has 0 aliphatic carbocycles. The Kier molecular flexibility index (Phi) is 4.17. The van der Waals surface area contributed by atoms with Crippen LogP contribution < -0.4 is 15.0 Å². The quantitative estimate of drug-likeness (QED) is 0.814. The topological polar surface area (TPSA) is 61.8 Å². The van der Waals surface area contributed by atoms with Crippen molar-refractivity contribution in [3.8, 4) is 5.75 Å². The Morgan fingerprint density at radius 1 is 1.56 bits per heavy atom. The lowest BCUT2D eigenvalue weighted by atomic mass is 10.2. The Morgan fingerprint density at radius 2 is 2.39 bits per heavy atom. The van der Waals surface area contributed by atoms with Gasteiger partial charge in [-0.05, 0) is 25.1 Å². The normalized spacial score (nSPS) is 20.7. The first-order chi connectivity index (χ1) is 8.76. The summed E-state index contributed by atoms with van der Waals surface area (Å²) in [5.74, 6) is 0.626. The first kappa shape index (κ1) is 12.9.